The SMILES string of the molecule is CC(C(=O)C(C)N1Cc2cnc(O[C@H]3CN[C@@H](C)C3)cc2C1)N1Cc2cnc(O[C@H]3CN[C@@H](C)C3)cc2C1. The molecule has 0 saturated carbocycles. The molecule has 38 heavy (non-hydrogen) atoms. The molecule has 2 fully saturated rings. The minimum atomic E-state index is -0.181. The van der Waals surface area contributed by atoms with Gasteiger partial charge in [0.2, 0.25) is 11.8 Å². The molecule has 6 rings (SSSR count). The number of hydrogen-bond donors (Lipinski definition) is 2. The van der Waals surface area contributed by atoms with Crippen molar-refractivity contribution in [2.75, 3.05) is 13.1 Å². The van der Waals surface area contributed by atoms with Crippen LogP contribution in [0.2, 0.25) is 0 Å². The molecule has 2 aromatic rings. The molecule has 0 radical (unpaired) electrons. The summed E-state index contributed by atoms with van der Waals surface area (Å²) in [6.07, 6.45) is 6.17. The van der Waals surface area contributed by atoms with E-state index in [1.54, 1.807) is 0 Å². The van der Waals surface area contributed by atoms with Crippen molar-refractivity contribution >= 4 is 5.78 Å². The summed E-state index contributed by atoms with van der Waals surface area (Å²) in [5, 5.41) is 6.84. The molecule has 0 amide bonds. The van der Waals surface area contributed by atoms with Crippen LogP contribution in [0.5, 0.6) is 11.8 Å². The molecule has 2 unspecified atom stereocenters. The largest absolute Gasteiger partial charge is 0.473 e. The standard InChI is InChI=1S/C29H40N6O3/c1-17-5-25(11-30-17)37-27-7-21-13-34(15-23(21)9-32-27)19(3)29(36)20(4)35-14-22-8-28(33-10-24(22)16-35)38-26-6-18(2)31-12-26/h7-10,17-20,25-26,30-31H,5-6,11-16H2,1-4H3/t17-,18-,19?,20?,25+,26+/m0/s1. The summed E-state index contributed by atoms with van der Waals surface area (Å²) in [4.78, 5) is 27.2. The third-order valence-corrected chi connectivity index (χ3v) is 8.72. The van der Waals surface area contributed by atoms with Crippen LogP contribution in [0.15, 0.2) is 24.5 Å². The molecule has 6 heterocycles. The van der Waals surface area contributed by atoms with E-state index in [9.17, 15) is 4.79 Å². The van der Waals surface area contributed by atoms with Crippen molar-refractivity contribution in [3.63, 3.8) is 0 Å². The number of carbonyl (C=O) groups excluding carboxylic acids is 1. The quantitative estimate of drug-likeness (QED) is 0.544. The summed E-state index contributed by atoms with van der Waals surface area (Å²) in [5.41, 5.74) is 4.78. The second-order valence-corrected chi connectivity index (χ2v) is 11.7. The van der Waals surface area contributed by atoms with E-state index in [1.807, 2.05) is 26.2 Å². The lowest BCUT2D eigenvalue weighted by molar-refractivity contribution is -0.129. The number of rotatable bonds is 8. The van der Waals surface area contributed by atoms with Crippen LogP contribution in [0.4, 0.5) is 0 Å². The van der Waals surface area contributed by atoms with Gasteiger partial charge >= 0.3 is 0 Å². The topological polar surface area (TPSA) is 91.9 Å². The minimum absolute atomic E-state index is 0.167. The average molecular weight is 521 g/mol. The Morgan fingerprint density at radius 3 is 1.61 bits per heavy atom. The van der Waals surface area contributed by atoms with Gasteiger partial charge in [-0.25, -0.2) is 9.97 Å². The van der Waals surface area contributed by atoms with Gasteiger partial charge in [-0.2, -0.15) is 0 Å². The lowest BCUT2D eigenvalue weighted by Crippen LogP contribution is -2.46. The van der Waals surface area contributed by atoms with Crippen molar-refractivity contribution in [2.24, 2.45) is 0 Å². The maximum Gasteiger partial charge on any atom is 0.213 e. The number of hydrogen-bond acceptors (Lipinski definition) is 9. The van der Waals surface area contributed by atoms with E-state index < -0.39 is 0 Å². The van der Waals surface area contributed by atoms with Crippen LogP contribution in [0.1, 0.15) is 62.8 Å². The molecule has 2 aromatic heterocycles. The smallest absolute Gasteiger partial charge is 0.213 e. The fraction of sp³-hybridized carbons (Fsp3) is 0.621. The first-order valence-corrected chi connectivity index (χ1v) is 14.1. The summed E-state index contributed by atoms with van der Waals surface area (Å²) in [6, 6.07) is 4.72. The van der Waals surface area contributed by atoms with Gasteiger partial charge in [0.25, 0.3) is 0 Å². The first-order chi connectivity index (χ1) is 18.3. The average Bonchev–Trinajstić information content (AvgIpc) is 3.69. The zero-order valence-corrected chi connectivity index (χ0v) is 22.9. The highest BCUT2D eigenvalue weighted by molar-refractivity contribution is 5.88. The molecule has 0 bridgehead atoms. The molecule has 2 N–H and O–H groups in total. The molecule has 0 aromatic carbocycles. The van der Waals surface area contributed by atoms with E-state index in [0.29, 0.717) is 23.8 Å². The highest BCUT2D eigenvalue weighted by Gasteiger charge is 2.35. The van der Waals surface area contributed by atoms with Crippen molar-refractivity contribution in [2.45, 2.75) is 103 Å². The number of nitrogens with one attached hydrogen (secondary N) is 2. The summed E-state index contributed by atoms with van der Waals surface area (Å²) < 4.78 is 12.2. The molecule has 4 aliphatic heterocycles. The molecular formula is C29H40N6O3. The number of fused-ring (bicyclic) bond motifs is 2. The molecule has 9 heteroatoms. The lowest BCUT2D eigenvalue weighted by atomic mass is 10.1. The number of aromatic nitrogens is 2. The highest BCUT2D eigenvalue weighted by Crippen LogP contribution is 2.31. The number of carbonyl (C=O) groups is 1. The van der Waals surface area contributed by atoms with E-state index in [0.717, 1.165) is 52.1 Å². The van der Waals surface area contributed by atoms with Gasteiger partial charge in [-0.3, -0.25) is 14.6 Å². The third kappa shape index (κ3) is 5.30. The second kappa shape index (κ2) is 10.5. The fourth-order valence-electron chi connectivity index (χ4n) is 6.27. The Balaban J connectivity index is 1.04. The summed E-state index contributed by atoms with van der Waals surface area (Å²) in [6.45, 7) is 13.1. The molecular weight excluding hydrogens is 480 g/mol. The van der Waals surface area contributed by atoms with Gasteiger partial charge in [0.05, 0.1) is 12.1 Å². The van der Waals surface area contributed by atoms with E-state index in [-0.39, 0.29) is 30.1 Å². The first-order valence-electron chi connectivity index (χ1n) is 14.1. The van der Waals surface area contributed by atoms with E-state index in [4.69, 9.17) is 9.47 Å². The molecule has 6 atom stereocenters. The molecule has 4 aliphatic rings. The molecule has 0 spiro atoms. The third-order valence-electron chi connectivity index (χ3n) is 8.72. The maximum absolute atomic E-state index is 13.6. The van der Waals surface area contributed by atoms with Crippen molar-refractivity contribution in [3.05, 3.63) is 46.8 Å². The van der Waals surface area contributed by atoms with Crippen molar-refractivity contribution in [1.82, 2.24) is 30.4 Å². The Morgan fingerprint density at radius 2 is 1.21 bits per heavy atom. The Kier molecular flexibility index (Phi) is 7.11. The number of ketones is 1. The van der Waals surface area contributed by atoms with Crippen LogP contribution in [-0.4, -0.2) is 75.0 Å². The van der Waals surface area contributed by atoms with Gasteiger partial charge in [-0.15, -0.1) is 0 Å². The highest BCUT2D eigenvalue weighted by atomic mass is 16.5. The van der Waals surface area contributed by atoms with Crippen LogP contribution in [0.3, 0.4) is 0 Å². The molecule has 2 saturated heterocycles. The number of nitrogens with zero attached hydrogens (tertiary/aromatic N) is 4. The Bertz CT molecular complexity index is 1100. The Labute approximate surface area is 225 Å². The number of pyridine rings is 2. The summed E-state index contributed by atoms with van der Waals surface area (Å²) in [5.74, 6) is 1.62. The Hall–Kier alpha value is -2.59. The van der Waals surface area contributed by atoms with Gasteiger partial charge in [-0.05, 0) is 49.9 Å². The lowest BCUT2D eigenvalue weighted by Gasteiger charge is -2.29. The van der Waals surface area contributed by atoms with Crippen LogP contribution < -0.4 is 20.1 Å². The molecule has 9 nitrogen and oxygen atoms in total. The van der Waals surface area contributed by atoms with Crippen LogP contribution in [0, 0.1) is 0 Å². The first kappa shape index (κ1) is 25.7. The van der Waals surface area contributed by atoms with E-state index in [2.05, 4.69) is 56.4 Å². The summed E-state index contributed by atoms with van der Waals surface area (Å²) in [7, 11) is 0. The van der Waals surface area contributed by atoms with Crippen molar-refractivity contribution < 1.29 is 14.3 Å². The summed E-state index contributed by atoms with van der Waals surface area (Å²) >= 11 is 0. The van der Waals surface area contributed by atoms with Crippen LogP contribution in [-0.2, 0) is 31.0 Å². The predicted octanol–water partition coefficient (Wildman–Crippen LogP) is 2.41. The van der Waals surface area contributed by atoms with Gasteiger partial charge in [0.15, 0.2) is 5.78 Å². The Morgan fingerprint density at radius 1 is 0.789 bits per heavy atom. The van der Waals surface area contributed by atoms with Crippen LogP contribution >= 0.6 is 0 Å². The fourth-order valence-corrected chi connectivity index (χ4v) is 6.27. The monoisotopic (exact) mass is 520 g/mol. The van der Waals surface area contributed by atoms with Gasteiger partial charge in [-0.1, -0.05) is 0 Å². The van der Waals surface area contributed by atoms with Gasteiger partial charge < -0.3 is 20.1 Å². The van der Waals surface area contributed by atoms with Crippen LogP contribution in [0.25, 0.3) is 0 Å². The zero-order valence-electron chi connectivity index (χ0n) is 22.9. The predicted molar refractivity (Wildman–Crippen MR) is 144 cm³/mol. The second-order valence-electron chi connectivity index (χ2n) is 11.7. The van der Waals surface area contributed by atoms with E-state index >= 15 is 0 Å². The minimum Gasteiger partial charge on any atom is -0.473 e. The van der Waals surface area contributed by atoms with Gasteiger partial charge in [0.1, 0.15) is 12.2 Å². The maximum atomic E-state index is 13.6. The van der Waals surface area contributed by atoms with Crippen molar-refractivity contribution in [1.29, 1.82) is 0 Å². The number of Topliss-reactive ketones (excluding diaryl/α,β-unsaturated/α-hetero) is 1. The van der Waals surface area contributed by atoms with E-state index in [1.165, 1.54) is 22.3 Å². The zero-order chi connectivity index (χ0) is 26.4. The number of ether oxygens (including phenoxy) is 2. The molecule has 0 aliphatic carbocycles. The van der Waals surface area contributed by atoms with Crippen molar-refractivity contribution in [3.8, 4) is 11.8 Å². The van der Waals surface area contributed by atoms with Gasteiger partial charge in [0, 0.05) is 88.7 Å². The molecule has 204 valence electrons. The normalized spacial score (nSPS) is 28.7.